The highest BCUT2D eigenvalue weighted by Gasteiger charge is 2.44. The molecular weight excluding hydrogens is 442 g/mol. The fraction of sp³-hybridized carbons (Fsp3) is 0.241. The predicted octanol–water partition coefficient (Wildman–Crippen LogP) is 5.59. The maximum absolute atomic E-state index is 13.4. The van der Waals surface area contributed by atoms with Crippen molar-refractivity contribution in [1.29, 1.82) is 0 Å². The lowest BCUT2D eigenvalue weighted by Crippen LogP contribution is -2.31. The van der Waals surface area contributed by atoms with Gasteiger partial charge in [0.15, 0.2) is 11.5 Å². The molecule has 3 aromatic carbocycles. The number of aryl methyl sites for hydroxylation is 1. The van der Waals surface area contributed by atoms with Gasteiger partial charge in [0.05, 0.1) is 25.3 Å². The number of amides is 1. The molecule has 6 heteroatoms. The van der Waals surface area contributed by atoms with E-state index in [1.165, 1.54) is 4.90 Å². The molecule has 0 bridgehead atoms. The molecule has 1 heterocycles. The van der Waals surface area contributed by atoms with Gasteiger partial charge in [-0.05, 0) is 60.4 Å². The SMILES string of the molecule is CCCOc1ccc(C2C(C(=O)CCc3ccccc3)=C(O)C(=O)N2c2ccc(OC)cc2)cc1. The van der Waals surface area contributed by atoms with Crippen molar-refractivity contribution in [2.24, 2.45) is 0 Å². The van der Waals surface area contributed by atoms with Crippen LogP contribution in [0.1, 0.15) is 36.9 Å². The van der Waals surface area contributed by atoms with Crippen molar-refractivity contribution in [3.63, 3.8) is 0 Å². The van der Waals surface area contributed by atoms with E-state index in [9.17, 15) is 14.7 Å². The third kappa shape index (κ3) is 5.22. The Labute approximate surface area is 205 Å². The van der Waals surface area contributed by atoms with Gasteiger partial charge in [-0.25, -0.2) is 0 Å². The van der Waals surface area contributed by atoms with Gasteiger partial charge in [0.25, 0.3) is 5.91 Å². The molecule has 0 aromatic heterocycles. The predicted molar refractivity (Wildman–Crippen MR) is 135 cm³/mol. The number of hydrogen-bond donors (Lipinski definition) is 1. The van der Waals surface area contributed by atoms with Gasteiger partial charge in [-0.2, -0.15) is 0 Å². The second-order valence-corrected chi connectivity index (χ2v) is 8.36. The Kier molecular flexibility index (Phi) is 7.51. The first kappa shape index (κ1) is 24.1. The molecule has 0 saturated carbocycles. The summed E-state index contributed by atoms with van der Waals surface area (Å²) in [6, 6.07) is 23.2. The van der Waals surface area contributed by atoms with E-state index in [4.69, 9.17) is 9.47 Å². The average Bonchev–Trinajstić information content (AvgIpc) is 3.17. The topological polar surface area (TPSA) is 76.1 Å². The molecule has 1 amide bonds. The first-order valence-corrected chi connectivity index (χ1v) is 11.7. The van der Waals surface area contributed by atoms with Crippen molar-refractivity contribution in [3.8, 4) is 11.5 Å². The Balaban J connectivity index is 1.69. The van der Waals surface area contributed by atoms with Crippen LogP contribution in [0.5, 0.6) is 11.5 Å². The van der Waals surface area contributed by atoms with Gasteiger partial charge in [-0.15, -0.1) is 0 Å². The standard InChI is InChI=1S/C29H29NO5/c1-3-19-35-24-14-10-21(11-15-24)27-26(25(31)18-9-20-7-5-4-6-8-20)28(32)29(33)30(27)22-12-16-23(34-2)17-13-22/h4-8,10-17,27,32H,3,9,18-19H2,1-2H3. The van der Waals surface area contributed by atoms with Crippen LogP contribution in [0.25, 0.3) is 0 Å². The number of aliphatic hydroxyl groups excluding tert-OH is 1. The molecule has 1 N–H and O–H groups in total. The van der Waals surface area contributed by atoms with Crippen LogP contribution in [0, 0.1) is 0 Å². The fourth-order valence-electron chi connectivity index (χ4n) is 4.22. The minimum Gasteiger partial charge on any atom is -0.503 e. The second kappa shape index (κ2) is 10.9. The maximum atomic E-state index is 13.4. The molecule has 1 atom stereocenters. The normalized spacial score (nSPS) is 15.4. The van der Waals surface area contributed by atoms with Gasteiger partial charge >= 0.3 is 0 Å². The quantitative estimate of drug-likeness (QED) is 0.417. The summed E-state index contributed by atoms with van der Waals surface area (Å²) >= 11 is 0. The molecule has 1 aliphatic rings. The number of methoxy groups -OCH3 is 1. The molecule has 1 unspecified atom stereocenters. The molecule has 3 aromatic rings. The van der Waals surface area contributed by atoms with Crippen LogP contribution in [0.3, 0.4) is 0 Å². The second-order valence-electron chi connectivity index (χ2n) is 8.36. The van der Waals surface area contributed by atoms with Crippen molar-refractivity contribution in [1.82, 2.24) is 0 Å². The third-order valence-corrected chi connectivity index (χ3v) is 6.01. The van der Waals surface area contributed by atoms with Gasteiger partial charge in [-0.1, -0.05) is 49.4 Å². The number of carbonyl (C=O) groups is 2. The van der Waals surface area contributed by atoms with Crippen LogP contribution < -0.4 is 14.4 Å². The summed E-state index contributed by atoms with van der Waals surface area (Å²) in [5.74, 6) is -0.0106. The Morgan fingerprint density at radius 1 is 0.943 bits per heavy atom. The summed E-state index contributed by atoms with van der Waals surface area (Å²) < 4.78 is 10.9. The monoisotopic (exact) mass is 471 g/mol. The third-order valence-electron chi connectivity index (χ3n) is 6.01. The zero-order valence-corrected chi connectivity index (χ0v) is 19.9. The lowest BCUT2D eigenvalue weighted by atomic mass is 9.93. The summed E-state index contributed by atoms with van der Waals surface area (Å²) in [6.07, 6.45) is 1.59. The highest BCUT2D eigenvalue weighted by Crippen LogP contribution is 2.42. The Hall–Kier alpha value is -4.06. The molecule has 180 valence electrons. The van der Waals surface area contributed by atoms with Crippen LogP contribution in [0.2, 0.25) is 0 Å². The number of ketones is 1. The number of ether oxygens (including phenoxy) is 2. The molecule has 1 aliphatic heterocycles. The highest BCUT2D eigenvalue weighted by molar-refractivity contribution is 6.16. The van der Waals surface area contributed by atoms with Crippen molar-refractivity contribution in [2.75, 3.05) is 18.6 Å². The highest BCUT2D eigenvalue weighted by atomic mass is 16.5. The van der Waals surface area contributed by atoms with E-state index in [2.05, 4.69) is 0 Å². The van der Waals surface area contributed by atoms with E-state index in [1.54, 1.807) is 31.4 Å². The smallest absolute Gasteiger partial charge is 0.294 e. The Bertz CT molecular complexity index is 1200. The van der Waals surface area contributed by atoms with E-state index >= 15 is 0 Å². The molecule has 0 aliphatic carbocycles. The number of rotatable bonds is 10. The molecule has 4 rings (SSSR count). The van der Waals surface area contributed by atoms with Crippen molar-refractivity contribution >= 4 is 17.4 Å². The van der Waals surface area contributed by atoms with E-state index in [1.807, 2.05) is 61.5 Å². The lowest BCUT2D eigenvalue weighted by Gasteiger charge is -2.27. The molecule has 0 saturated heterocycles. The molecule has 35 heavy (non-hydrogen) atoms. The van der Waals surface area contributed by atoms with Crippen LogP contribution >= 0.6 is 0 Å². The van der Waals surface area contributed by atoms with Crippen molar-refractivity contribution < 1.29 is 24.2 Å². The van der Waals surface area contributed by atoms with Crippen LogP contribution in [0.4, 0.5) is 5.69 Å². The number of hydrogen-bond acceptors (Lipinski definition) is 5. The molecular formula is C29H29NO5. The van der Waals surface area contributed by atoms with E-state index < -0.39 is 17.7 Å². The Morgan fingerprint density at radius 3 is 2.23 bits per heavy atom. The summed E-state index contributed by atoms with van der Waals surface area (Å²) in [7, 11) is 1.57. The Morgan fingerprint density at radius 2 is 1.60 bits per heavy atom. The minimum atomic E-state index is -0.751. The van der Waals surface area contributed by atoms with Gasteiger partial charge in [0.1, 0.15) is 11.5 Å². The van der Waals surface area contributed by atoms with Crippen LogP contribution in [-0.4, -0.2) is 30.5 Å². The van der Waals surface area contributed by atoms with Crippen molar-refractivity contribution in [2.45, 2.75) is 32.2 Å². The van der Waals surface area contributed by atoms with Gasteiger partial charge in [-0.3, -0.25) is 14.5 Å². The molecule has 0 fully saturated rings. The fourth-order valence-corrected chi connectivity index (χ4v) is 4.22. The zero-order chi connectivity index (χ0) is 24.8. The lowest BCUT2D eigenvalue weighted by molar-refractivity contribution is -0.118. The maximum Gasteiger partial charge on any atom is 0.294 e. The van der Waals surface area contributed by atoms with Crippen molar-refractivity contribution in [3.05, 3.63) is 101 Å². The summed E-state index contributed by atoms with van der Waals surface area (Å²) in [5.41, 5.74) is 2.41. The van der Waals surface area contributed by atoms with E-state index in [-0.39, 0.29) is 17.8 Å². The van der Waals surface area contributed by atoms with E-state index in [0.717, 1.165) is 12.0 Å². The largest absolute Gasteiger partial charge is 0.503 e. The zero-order valence-electron chi connectivity index (χ0n) is 19.9. The number of aliphatic hydroxyl groups is 1. The molecule has 6 nitrogen and oxygen atoms in total. The summed E-state index contributed by atoms with van der Waals surface area (Å²) in [6.45, 7) is 2.63. The molecule has 0 radical (unpaired) electrons. The first-order valence-electron chi connectivity index (χ1n) is 11.7. The van der Waals surface area contributed by atoms with Gasteiger partial charge in [0, 0.05) is 12.1 Å². The summed E-state index contributed by atoms with van der Waals surface area (Å²) in [4.78, 5) is 28.1. The average molecular weight is 472 g/mol. The number of carbonyl (C=O) groups excluding carboxylic acids is 2. The number of nitrogens with zero attached hydrogens (tertiary/aromatic N) is 1. The first-order chi connectivity index (χ1) is 17.0. The number of anilines is 1. The van der Waals surface area contributed by atoms with Gasteiger partial charge in [0.2, 0.25) is 0 Å². The van der Waals surface area contributed by atoms with Gasteiger partial charge < -0.3 is 14.6 Å². The minimum absolute atomic E-state index is 0.115. The number of benzene rings is 3. The van der Waals surface area contributed by atoms with Crippen LogP contribution in [-0.2, 0) is 16.0 Å². The summed E-state index contributed by atoms with van der Waals surface area (Å²) in [5, 5.41) is 10.9. The van der Waals surface area contributed by atoms with Crippen LogP contribution in [0.15, 0.2) is 90.2 Å². The molecule has 0 spiro atoms. The number of Topliss-reactive ketones (excluding diaryl/α,β-unsaturated/α-hetero) is 1. The van der Waals surface area contributed by atoms with E-state index in [0.29, 0.717) is 35.8 Å².